The molecule has 5 aromatic carbocycles. The van der Waals surface area contributed by atoms with Crippen molar-refractivity contribution in [2.75, 3.05) is 13.2 Å². The number of imide groups is 2. The highest BCUT2D eigenvalue weighted by molar-refractivity contribution is 6.55. The Bertz CT molecular complexity index is 2810. The molecule has 15 nitrogen and oxygen atoms in total. The summed E-state index contributed by atoms with van der Waals surface area (Å²) in [5, 5.41) is 13.1. The maximum absolute atomic E-state index is 15.3. The molecule has 70 heavy (non-hydrogen) atoms. The molecule has 1 aliphatic carbocycles. The number of esters is 2. The van der Waals surface area contributed by atoms with Gasteiger partial charge in [-0.2, -0.15) is 0 Å². The molecule has 2 aliphatic heterocycles. The number of alkyl carbamates (subject to hydrolysis) is 1. The second-order valence-corrected chi connectivity index (χ2v) is 18.3. The lowest BCUT2D eigenvalue weighted by Gasteiger charge is -2.49. The largest absolute Gasteiger partial charge is 0.459 e. The molecule has 5 amide bonds. The summed E-state index contributed by atoms with van der Waals surface area (Å²) in [6, 6.07) is 27.0. The third-order valence-corrected chi connectivity index (χ3v) is 14.5. The van der Waals surface area contributed by atoms with E-state index in [2.05, 4.69) is 5.32 Å². The number of hydrogen-bond donors (Lipinski definition) is 2. The van der Waals surface area contributed by atoms with Crippen LogP contribution in [0.1, 0.15) is 85.7 Å². The van der Waals surface area contributed by atoms with Crippen molar-refractivity contribution in [1.29, 1.82) is 0 Å². The first kappa shape index (κ1) is 50.1. The summed E-state index contributed by atoms with van der Waals surface area (Å²) in [5.74, 6) is -7.60. The van der Waals surface area contributed by atoms with Crippen LogP contribution in [0.3, 0.4) is 0 Å². The number of nitrogens with one attached hydrogen (secondary N) is 1. The minimum Gasteiger partial charge on any atom is -0.459 e. The molecular formula is C51H43Cl4N3O12. The summed E-state index contributed by atoms with van der Waals surface area (Å²) >= 11 is 25.8. The Morgan fingerprint density at radius 2 is 1.21 bits per heavy atom. The van der Waals surface area contributed by atoms with Gasteiger partial charge in [-0.1, -0.05) is 152 Å². The molecule has 19 heteroatoms. The molecule has 362 valence electrons. The predicted molar refractivity (Wildman–Crippen MR) is 257 cm³/mol. The Balaban J connectivity index is 1.19. The molecule has 0 spiro atoms. The van der Waals surface area contributed by atoms with Gasteiger partial charge in [0.2, 0.25) is 5.91 Å². The standard InChI is InChI=1S/C51H43Cl4N3O12/c1-4-25(2)41(56-51(66)68-23-33-31-21-13-11-19-29(31)30-20-12-14-22-32(30)33)47(63)57(26(3)59)48-42(58-45(61)35-36(46(58)62)38(53)40(55)39(54)37(35)52)44(70-50(65)28-17-9-6-10-18-28)43(60)34(69-48)24-67-49(64)27-15-7-5-8-16-27/h5-22,25,33-34,41-44,48,60H,4,23-24H2,1-3H3,(H,56,66)/t25-,34+,41-,42+,43+,44+,48+/m0/s1. The highest BCUT2D eigenvalue weighted by atomic mass is 35.5. The van der Waals surface area contributed by atoms with Crippen molar-refractivity contribution in [3.63, 3.8) is 0 Å². The number of halogens is 4. The molecule has 0 unspecified atom stereocenters. The van der Waals surface area contributed by atoms with Gasteiger partial charge in [0, 0.05) is 12.8 Å². The molecule has 0 bridgehead atoms. The fourth-order valence-corrected chi connectivity index (χ4v) is 9.97. The van der Waals surface area contributed by atoms with Crippen LogP contribution < -0.4 is 5.32 Å². The Morgan fingerprint density at radius 1 is 0.714 bits per heavy atom. The Hall–Kier alpha value is -6.33. The van der Waals surface area contributed by atoms with Crippen LogP contribution in [0.2, 0.25) is 20.1 Å². The van der Waals surface area contributed by atoms with Crippen LogP contribution in [-0.2, 0) is 28.5 Å². The van der Waals surface area contributed by atoms with Gasteiger partial charge in [-0.3, -0.25) is 29.0 Å². The van der Waals surface area contributed by atoms with Crippen molar-refractivity contribution in [2.24, 2.45) is 5.92 Å². The van der Waals surface area contributed by atoms with Crippen LogP contribution in [-0.4, -0.2) is 106 Å². The van der Waals surface area contributed by atoms with Crippen molar-refractivity contribution in [2.45, 2.75) is 69.7 Å². The lowest BCUT2D eigenvalue weighted by molar-refractivity contribution is -0.238. The molecule has 0 radical (unpaired) electrons. The van der Waals surface area contributed by atoms with E-state index < -0.39 is 112 Å². The number of aliphatic hydroxyl groups is 1. The topological polar surface area (TPSA) is 195 Å². The fourth-order valence-electron chi connectivity index (χ4n) is 8.96. The third kappa shape index (κ3) is 9.37. The molecule has 0 saturated carbocycles. The minimum atomic E-state index is -2.16. The van der Waals surface area contributed by atoms with Gasteiger partial charge in [0.05, 0.1) is 42.3 Å². The average Bonchev–Trinajstić information content (AvgIpc) is 3.83. The monoisotopic (exact) mass is 1030 g/mol. The Kier molecular flexibility index (Phi) is 15.0. The summed E-state index contributed by atoms with van der Waals surface area (Å²) in [7, 11) is 0. The van der Waals surface area contributed by atoms with Crippen molar-refractivity contribution >= 4 is 88.1 Å². The van der Waals surface area contributed by atoms with Gasteiger partial charge in [0.15, 0.2) is 12.3 Å². The minimum absolute atomic E-state index is 0.0424. The lowest BCUT2D eigenvalue weighted by Crippen LogP contribution is -2.72. The number of fused-ring (bicyclic) bond motifs is 4. The highest BCUT2D eigenvalue weighted by Gasteiger charge is 2.59. The van der Waals surface area contributed by atoms with E-state index in [1.165, 1.54) is 36.4 Å². The number of aliphatic hydroxyl groups excluding tert-OH is 1. The average molecular weight is 1030 g/mol. The second-order valence-electron chi connectivity index (χ2n) is 16.8. The van der Waals surface area contributed by atoms with Crippen LogP contribution in [0.25, 0.3) is 11.1 Å². The van der Waals surface area contributed by atoms with Gasteiger partial charge in [-0.25, -0.2) is 14.4 Å². The first-order valence-electron chi connectivity index (χ1n) is 22.1. The molecule has 1 fully saturated rings. The lowest BCUT2D eigenvalue weighted by atomic mass is 9.92. The molecule has 7 atom stereocenters. The zero-order valence-corrected chi connectivity index (χ0v) is 40.5. The van der Waals surface area contributed by atoms with Crippen molar-refractivity contribution in [3.05, 3.63) is 163 Å². The van der Waals surface area contributed by atoms with Crippen LogP contribution in [0.5, 0.6) is 0 Å². The predicted octanol–water partition coefficient (Wildman–Crippen LogP) is 8.76. The van der Waals surface area contributed by atoms with Gasteiger partial charge in [0.1, 0.15) is 37.5 Å². The number of rotatable bonds is 13. The summed E-state index contributed by atoms with van der Waals surface area (Å²) in [5.41, 5.74) is 2.86. The maximum Gasteiger partial charge on any atom is 0.407 e. The Labute approximate surface area is 421 Å². The van der Waals surface area contributed by atoms with E-state index in [4.69, 9.17) is 65.4 Å². The quantitative estimate of drug-likeness (QED) is 0.0375. The van der Waals surface area contributed by atoms with Gasteiger partial charge < -0.3 is 29.4 Å². The van der Waals surface area contributed by atoms with E-state index in [1.54, 1.807) is 38.1 Å². The number of ether oxygens (including phenoxy) is 4. The fraction of sp³-hybridized carbons (Fsp3) is 0.275. The molecule has 0 aromatic heterocycles. The molecule has 1 saturated heterocycles. The second kappa shape index (κ2) is 20.9. The van der Waals surface area contributed by atoms with E-state index in [1.807, 2.05) is 48.5 Å². The summed E-state index contributed by atoms with van der Waals surface area (Å²) in [4.78, 5) is 101. The van der Waals surface area contributed by atoms with Crippen molar-refractivity contribution < 1.29 is 57.6 Å². The van der Waals surface area contributed by atoms with E-state index >= 15 is 4.79 Å². The number of carbonyl (C=O) groups excluding carboxylic acids is 7. The first-order chi connectivity index (χ1) is 33.5. The van der Waals surface area contributed by atoms with Gasteiger partial charge in [-0.15, -0.1) is 0 Å². The first-order valence-corrected chi connectivity index (χ1v) is 23.6. The number of carbonyl (C=O) groups is 7. The van der Waals surface area contributed by atoms with E-state index in [0.29, 0.717) is 9.80 Å². The molecular weight excluding hydrogens is 988 g/mol. The summed E-state index contributed by atoms with van der Waals surface area (Å²) in [6.07, 6.45) is -8.78. The number of hydrogen-bond acceptors (Lipinski definition) is 12. The van der Waals surface area contributed by atoms with Crippen LogP contribution in [0.15, 0.2) is 109 Å². The van der Waals surface area contributed by atoms with Gasteiger partial charge >= 0.3 is 18.0 Å². The van der Waals surface area contributed by atoms with E-state index in [9.17, 15) is 33.9 Å². The highest BCUT2D eigenvalue weighted by Crippen LogP contribution is 2.47. The van der Waals surface area contributed by atoms with Crippen molar-refractivity contribution in [3.8, 4) is 11.1 Å². The summed E-state index contributed by atoms with van der Waals surface area (Å²) < 4.78 is 23.8. The third-order valence-electron chi connectivity index (χ3n) is 12.7. The summed E-state index contributed by atoms with van der Waals surface area (Å²) in [6.45, 7) is 3.44. The zero-order valence-electron chi connectivity index (χ0n) is 37.5. The van der Waals surface area contributed by atoms with Gasteiger partial charge in [-0.05, 0) is 52.4 Å². The van der Waals surface area contributed by atoms with E-state index in [-0.39, 0.29) is 40.1 Å². The molecule has 3 aliphatic rings. The smallest absolute Gasteiger partial charge is 0.407 e. The number of nitrogens with zero attached hydrogens (tertiary/aromatic N) is 2. The number of benzene rings is 5. The molecule has 8 rings (SSSR count). The molecule has 2 heterocycles. The number of amides is 5. The SMILES string of the molecule is CC[C@H](C)[C@H](NC(=O)OCC1c2ccccc2-c2ccccc21)C(=O)N(C(C)=O)[C@@H]1O[C@H](COC(=O)c2ccccc2)[C@@H](O)[C@H](OC(=O)c2ccccc2)[C@H]1N1C(=O)c2c(Cl)c(Cl)c(Cl)c(Cl)c2C1=O. The van der Waals surface area contributed by atoms with Crippen LogP contribution in [0, 0.1) is 5.92 Å². The Morgan fingerprint density at radius 3 is 1.73 bits per heavy atom. The maximum atomic E-state index is 15.3. The van der Waals surface area contributed by atoms with Gasteiger partial charge in [0.25, 0.3) is 17.7 Å². The van der Waals surface area contributed by atoms with E-state index in [0.717, 1.165) is 29.2 Å². The normalized spacial score (nSPS) is 20.1. The molecule has 5 aromatic rings. The molecule has 2 N–H and O–H groups in total. The van der Waals surface area contributed by atoms with Crippen LogP contribution >= 0.6 is 46.4 Å². The zero-order chi connectivity index (χ0) is 50.1. The van der Waals surface area contributed by atoms with Crippen molar-refractivity contribution in [1.82, 2.24) is 15.1 Å². The van der Waals surface area contributed by atoms with Crippen LogP contribution in [0.4, 0.5) is 4.79 Å².